The highest BCUT2D eigenvalue weighted by Crippen LogP contribution is 2.25. The number of aryl methyl sites for hydroxylation is 1. The number of benzene rings is 1. The maximum Gasteiger partial charge on any atom is 0.225 e. The molecular weight excluding hydrogens is 248 g/mol. The third kappa shape index (κ3) is 3.21. The van der Waals surface area contributed by atoms with Crippen LogP contribution in [0.3, 0.4) is 0 Å². The molecule has 0 aliphatic carbocycles. The largest absolute Gasteiger partial charge is 0.333 e. The number of hydrogen-bond donors (Lipinski definition) is 1. The summed E-state index contributed by atoms with van der Waals surface area (Å²) in [4.78, 5) is 14.6. The predicted molar refractivity (Wildman–Crippen MR) is 82.6 cm³/mol. The molecule has 3 heteroatoms. The summed E-state index contributed by atoms with van der Waals surface area (Å²) in [5, 5.41) is 3.41. The third-order valence-electron chi connectivity index (χ3n) is 4.33. The molecule has 3 nitrogen and oxygen atoms in total. The van der Waals surface area contributed by atoms with Gasteiger partial charge in [-0.3, -0.25) is 4.79 Å². The van der Waals surface area contributed by atoms with Crippen LogP contribution in [-0.4, -0.2) is 30.4 Å². The number of nitrogens with one attached hydrogen (secondary N) is 1. The van der Waals surface area contributed by atoms with Crippen molar-refractivity contribution in [2.45, 2.75) is 39.7 Å². The smallest absolute Gasteiger partial charge is 0.225 e. The molecule has 0 saturated carbocycles. The Hall–Kier alpha value is -1.35. The van der Waals surface area contributed by atoms with E-state index in [1.54, 1.807) is 0 Å². The predicted octanol–water partition coefficient (Wildman–Crippen LogP) is 2.77. The quantitative estimate of drug-likeness (QED) is 0.915. The molecule has 1 aliphatic heterocycles. The molecule has 1 saturated heterocycles. The molecule has 1 N–H and O–H groups in total. The summed E-state index contributed by atoms with van der Waals surface area (Å²) < 4.78 is 0. The van der Waals surface area contributed by atoms with Gasteiger partial charge in [0.25, 0.3) is 0 Å². The van der Waals surface area contributed by atoms with Gasteiger partial charge in [-0.2, -0.15) is 0 Å². The van der Waals surface area contributed by atoms with Gasteiger partial charge in [-0.15, -0.1) is 0 Å². The van der Waals surface area contributed by atoms with E-state index < -0.39 is 0 Å². The molecule has 1 aromatic carbocycles. The molecule has 110 valence electrons. The van der Waals surface area contributed by atoms with Gasteiger partial charge >= 0.3 is 0 Å². The third-order valence-corrected chi connectivity index (χ3v) is 4.33. The van der Waals surface area contributed by atoms with Crippen LogP contribution >= 0.6 is 0 Å². The molecule has 1 aliphatic rings. The summed E-state index contributed by atoms with van der Waals surface area (Å²) in [5.74, 6) is 0.407. The van der Waals surface area contributed by atoms with E-state index in [-0.39, 0.29) is 12.0 Å². The molecule has 1 fully saturated rings. The first-order valence-corrected chi connectivity index (χ1v) is 7.77. The lowest BCUT2D eigenvalue weighted by atomic mass is 9.98. The van der Waals surface area contributed by atoms with E-state index in [1.807, 2.05) is 6.92 Å². The standard InChI is InChI=1S/C17H26N2O/c1-4-13(3)17(20)19-11-10-18-12-16(19)15-8-6-14(5-2)7-9-15/h6-9,13,16,18H,4-5,10-12H2,1-3H3. The zero-order valence-corrected chi connectivity index (χ0v) is 12.9. The minimum absolute atomic E-state index is 0.116. The van der Waals surface area contributed by atoms with Gasteiger partial charge in [-0.05, 0) is 24.0 Å². The number of carbonyl (C=O) groups excluding carboxylic acids is 1. The molecule has 0 radical (unpaired) electrons. The Morgan fingerprint density at radius 3 is 2.65 bits per heavy atom. The second-order valence-electron chi connectivity index (χ2n) is 5.66. The fourth-order valence-corrected chi connectivity index (χ4v) is 2.70. The van der Waals surface area contributed by atoms with Crippen molar-refractivity contribution in [3.05, 3.63) is 35.4 Å². The van der Waals surface area contributed by atoms with Crippen LogP contribution < -0.4 is 5.32 Å². The Morgan fingerprint density at radius 2 is 2.05 bits per heavy atom. The minimum atomic E-state index is 0.116. The van der Waals surface area contributed by atoms with Crippen molar-refractivity contribution in [1.29, 1.82) is 0 Å². The number of piperazine rings is 1. The van der Waals surface area contributed by atoms with Crippen LogP contribution in [0.25, 0.3) is 0 Å². The first-order valence-electron chi connectivity index (χ1n) is 7.77. The topological polar surface area (TPSA) is 32.3 Å². The van der Waals surface area contributed by atoms with E-state index in [0.29, 0.717) is 5.91 Å². The van der Waals surface area contributed by atoms with Gasteiger partial charge in [-0.25, -0.2) is 0 Å². The first-order chi connectivity index (χ1) is 9.67. The van der Waals surface area contributed by atoms with Crippen LogP contribution in [0.15, 0.2) is 24.3 Å². The van der Waals surface area contributed by atoms with Crippen LogP contribution in [0, 0.1) is 5.92 Å². The maximum atomic E-state index is 12.5. The van der Waals surface area contributed by atoms with Gasteiger partial charge < -0.3 is 10.2 Å². The van der Waals surface area contributed by atoms with Crippen LogP contribution in [0.4, 0.5) is 0 Å². The molecule has 20 heavy (non-hydrogen) atoms. The summed E-state index contributed by atoms with van der Waals surface area (Å²) in [6, 6.07) is 8.88. The summed E-state index contributed by atoms with van der Waals surface area (Å²) in [6.45, 7) is 8.83. The lowest BCUT2D eigenvalue weighted by molar-refractivity contribution is -0.138. The summed E-state index contributed by atoms with van der Waals surface area (Å²) in [7, 11) is 0. The van der Waals surface area contributed by atoms with Gasteiger partial charge in [0.05, 0.1) is 6.04 Å². The Morgan fingerprint density at radius 1 is 1.35 bits per heavy atom. The SMILES string of the molecule is CCc1ccc(C2CNCCN2C(=O)C(C)CC)cc1. The lowest BCUT2D eigenvalue weighted by Crippen LogP contribution is -2.50. The van der Waals surface area contributed by atoms with Crippen molar-refractivity contribution in [3.8, 4) is 0 Å². The zero-order chi connectivity index (χ0) is 14.5. The first kappa shape index (κ1) is 15.0. The summed E-state index contributed by atoms with van der Waals surface area (Å²) in [6.07, 6.45) is 1.96. The zero-order valence-electron chi connectivity index (χ0n) is 12.9. The molecule has 0 spiro atoms. The molecule has 0 bridgehead atoms. The van der Waals surface area contributed by atoms with Crippen LogP contribution in [0.5, 0.6) is 0 Å². The van der Waals surface area contributed by atoms with Crippen molar-refractivity contribution in [2.75, 3.05) is 19.6 Å². The Labute approximate surface area is 122 Å². The summed E-state index contributed by atoms with van der Waals surface area (Å²) >= 11 is 0. The summed E-state index contributed by atoms with van der Waals surface area (Å²) in [5.41, 5.74) is 2.59. The Balaban J connectivity index is 2.19. The maximum absolute atomic E-state index is 12.5. The van der Waals surface area contributed by atoms with E-state index in [1.165, 1.54) is 11.1 Å². The molecule has 2 unspecified atom stereocenters. The number of nitrogens with zero attached hydrogens (tertiary/aromatic N) is 1. The Kier molecular flexibility index (Phi) is 5.18. The second kappa shape index (κ2) is 6.89. The van der Waals surface area contributed by atoms with Gasteiger partial charge in [0.1, 0.15) is 0 Å². The van der Waals surface area contributed by atoms with E-state index in [0.717, 1.165) is 32.5 Å². The van der Waals surface area contributed by atoms with Gasteiger partial charge in [0.2, 0.25) is 5.91 Å². The highest BCUT2D eigenvalue weighted by atomic mass is 16.2. The molecule has 2 atom stereocenters. The number of rotatable bonds is 4. The molecule has 2 rings (SSSR count). The van der Waals surface area contributed by atoms with Gasteiger partial charge in [0, 0.05) is 25.6 Å². The average Bonchev–Trinajstić information content (AvgIpc) is 2.53. The molecule has 1 heterocycles. The normalized spacial score (nSPS) is 20.8. The van der Waals surface area contributed by atoms with Gasteiger partial charge in [0.15, 0.2) is 0 Å². The van der Waals surface area contributed by atoms with E-state index in [4.69, 9.17) is 0 Å². The second-order valence-corrected chi connectivity index (χ2v) is 5.66. The highest BCUT2D eigenvalue weighted by Gasteiger charge is 2.29. The van der Waals surface area contributed by atoms with E-state index in [9.17, 15) is 4.79 Å². The van der Waals surface area contributed by atoms with Crippen LogP contribution in [0.1, 0.15) is 44.4 Å². The monoisotopic (exact) mass is 274 g/mol. The van der Waals surface area contributed by atoms with Crippen molar-refractivity contribution in [1.82, 2.24) is 10.2 Å². The van der Waals surface area contributed by atoms with Crippen LogP contribution in [-0.2, 0) is 11.2 Å². The van der Waals surface area contributed by atoms with Crippen molar-refractivity contribution >= 4 is 5.91 Å². The molecule has 1 aromatic rings. The van der Waals surface area contributed by atoms with E-state index >= 15 is 0 Å². The van der Waals surface area contributed by atoms with Crippen molar-refractivity contribution in [2.24, 2.45) is 5.92 Å². The Bertz CT molecular complexity index is 441. The van der Waals surface area contributed by atoms with E-state index in [2.05, 4.69) is 48.3 Å². The average molecular weight is 274 g/mol. The lowest BCUT2D eigenvalue weighted by Gasteiger charge is -2.38. The highest BCUT2D eigenvalue weighted by molar-refractivity contribution is 5.79. The molecular formula is C17H26N2O. The van der Waals surface area contributed by atoms with Crippen molar-refractivity contribution < 1.29 is 4.79 Å². The minimum Gasteiger partial charge on any atom is -0.333 e. The van der Waals surface area contributed by atoms with Crippen LogP contribution in [0.2, 0.25) is 0 Å². The van der Waals surface area contributed by atoms with Crippen molar-refractivity contribution in [3.63, 3.8) is 0 Å². The fraction of sp³-hybridized carbons (Fsp3) is 0.588. The molecule has 1 amide bonds. The molecule has 0 aromatic heterocycles. The number of carbonyl (C=O) groups is 1. The van der Waals surface area contributed by atoms with Gasteiger partial charge in [-0.1, -0.05) is 45.0 Å². The number of hydrogen-bond acceptors (Lipinski definition) is 2. The fourth-order valence-electron chi connectivity index (χ4n) is 2.70. The number of amides is 1.